The van der Waals surface area contributed by atoms with Gasteiger partial charge in [-0.05, 0) is 54.7 Å². The average Bonchev–Trinajstić information content (AvgIpc) is 2.72. The molecule has 1 saturated heterocycles. The minimum absolute atomic E-state index is 0.213. The molecule has 0 saturated carbocycles. The quantitative estimate of drug-likeness (QED) is 0.850. The molecule has 5 heteroatoms. The molecule has 1 amide bonds. The number of hydrogen-bond acceptors (Lipinski definition) is 3. The highest BCUT2D eigenvalue weighted by Crippen LogP contribution is 2.31. The highest BCUT2D eigenvalue weighted by Gasteiger charge is 2.26. The molecule has 3 rings (SSSR count). The fourth-order valence-corrected chi connectivity index (χ4v) is 3.76. The number of carbonyl (C=O) groups is 1. The molecule has 1 heterocycles. The smallest absolute Gasteiger partial charge is 0.259 e. The van der Waals surface area contributed by atoms with Gasteiger partial charge in [-0.2, -0.15) is 0 Å². The first-order chi connectivity index (χ1) is 11.1. The SMILES string of the molecule is O=C1C(Sc2ccc(-c3ccc(F)cc3)cc2)CCCCN1O. The Morgan fingerprint density at radius 2 is 1.61 bits per heavy atom. The lowest BCUT2D eigenvalue weighted by atomic mass is 10.1. The van der Waals surface area contributed by atoms with Crippen molar-refractivity contribution in [2.75, 3.05) is 6.54 Å². The number of hydrogen-bond donors (Lipinski definition) is 1. The lowest BCUT2D eigenvalue weighted by molar-refractivity contribution is -0.163. The summed E-state index contributed by atoms with van der Waals surface area (Å²) in [5, 5.41) is 10.3. The van der Waals surface area contributed by atoms with E-state index in [1.807, 2.05) is 24.3 Å². The van der Waals surface area contributed by atoms with Crippen LogP contribution in [0.3, 0.4) is 0 Å². The number of thioether (sulfide) groups is 1. The van der Waals surface area contributed by atoms with Crippen LogP contribution < -0.4 is 0 Å². The van der Waals surface area contributed by atoms with E-state index in [1.54, 1.807) is 12.1 Å². The first kappa shape index (κ1) is 16.0. The van der Waals surface area contributed by atoms with Gasteiger partial charge in [0.05, 0.1) is 5.25 Å². The lowest BCUT2D eigenvalue weighted by Crippen LogP contribution is -2.33. The third kappa shape index (κ3) is 3.92. The number of rotatable bonds is 3. The molecule has 3 nitrogen and oxygen atoms in total. The zero-order chi connectivity index (χ0) is 16.2. The van der Waals surface area contributed by atoms with Crippen LogP contribution in [0.2, 0.25) is 0 Å². The van der Waals surface area contributed by atoms with Gasteiger partial charge < -0.3 is 0 Å². The van der Waals surface area contributed by atoms with Gasteiger partial charge in [0.2, 0.25) is 0 Å². The molecule has 0 radical (unpaired) electrons. The first-order valence-electron chi connectivity index (χ1n) is 7.66. The van der Waals surface area contributed by atoms with Crippen molar-refractivity contribution in [3.63, 3.8) is 0 Å². The molecule has 0 spiro atoms. The van der Waals surface area contributed by atoms with Crippen LogP contribution in [0.1, 0.15) is 19.3 Å². The summed E-state index contributed by atoms with van der Waals surface area (Å²) >= 11 is 1.48. The van der Waals surface area contributed by atoms with E-state index in [4.69, 9.17) is 0 Å². The Kier molecular flexibility index (Phi) is 4.98. The summed E-state index contributed by atoms with van der Waals surface area (Å²) in [6.07, 6.45) is 2.55. The van der Waals surface area contributed by atoms with E-state index in [2.05, 4.69) is 0 Å². The van der Waals surface area contributed by atoms with Gasteiger partial charge in [0.25, 0.3) is 5.91 Å². The zero-order valence-corrected chi connectivity index (χ0v) is 13.4. The topological polar surface area (TPSA) is 40.5 Å². The molecular weight excluding hydrogens is 313 g/mol. The van der Waals surface area contributed by atoms with E-state index in [0.717, 1.165) is 40.3 Å². The predicted molar refractivity (Wildman–Crippen MR) is 88.8 cm³/mol. The molecule has 2 aromatic rings. The maximum atomic E-state index is 13.0. The molecule has 1 unspecified atom stereocenters. The summed E-state index contributed by atoms with van der Waals surface area (Å²) in [5.41, 5.74) is 1.96. The van der Waals surface area contributed by atoms with Gasteiger partial charge >= 0.3 is 0 Å². The second-order valence-electron chi connectivity index (χ2n) is 5.59. The number of nitrogens with zero attached hydrogens (tertiary/aromatic N) is 1. The predicted octanol–water partition coefficient (Wildman–Crippen LogP) is 4.36. The molecule has 0 aliphatic carbocycles. The molecule has 1 aliphatic heterocycles. The van der Waals surface area contributed by atoms with Crippen molar-refractivity contribution < 1.29 is 14.4 Å². The van der Waals surface area contributed by atoms with Crippen LogP contribution in [0.15, 0.2) is 53.4 Å². The molecule has 0 aromatic heterocycles. The minimum atomic E-state index is -0.249. The van der Waals surface area contributed by atoms with Crippen LogP contribution in [0.5, 0.6) is 0 Å². The van der Waals surface area contributed by atoms with E-state index in [1.165, 1.54) is 23.9 Å². The van der Waals surface area contributed by atoms with Crippen LogP contribution >= 0.6 is 11.8 Å². The van der Waals surface area contributed by atoms with Crippen LogP contribution in [-0.2, 0) is 4.79 Å². The molecule has 120 valence electrons. The van der Waals surface area contributed by atoms with Crippen LogP contribution in [0, 0.1) is 5.82 Å². The van der Waals surface area contributed by atoms with Crippen molar-refractivity contribution in [3.05, 3.63) is 54.3 Å². The Bertz CT molecular complexity index is 672. The maximum Gasteiger partial charge on any atom is 0.259 e. The molecule has 1 atom stereocenters. The third-order valence-corrected chi connectivity index (χ3v) is 5.19. The summed E-state index contributed by atoms with van der Waals surface area (Å²) in [5.74, 6) is -0.462. The largest absolute Gasteiger partial charge is 0.286 e. The number of amides is 1. The van der Waals surface area contributed by atoms with E-state index < -0.39 is 0 Å². The highest BCUT2D eigenvalue weighted by atomic mass is 32.2. The Morgan fingerprint density at radius 3 is 2.26 bits per heavy atom. The van der Waals surface area contributed by atoms with Gasteiger partial charge in [0, 0.05) is 11.4 Å². The zero-order valence-electron chi connectivity index (χ0n) is 12.6. The normalized spacial score (nSPS) is 18.8. The van der Waals surface area contributed by atoms with Crippen molar-refractivity contribution in [3.8, 4) is 11.1 Å². The van der Waals surface area contributed by atoms with Crippen LogP contribution in [0.25, 0.3) is 11.1 Å². The molecule has 23 heavy (non-hydrogen) atoms. The number of halogens is 1. The van der Waals surface area contributed by atoms with E-state index in [0.29, 0.717) is 6.54 Å². The molecule has 2 aromatic carbocycles. The number of hydroxylamine groups is 2. The lowest BCUT2D eigenvalue weighted by Gasteiger charge is -2.17. The first-order valence-corrected chi connectivity index (χ1v) is 8.54. The maximum absolute atomic E-state index is 13.0. The van der Waals surface area contributed by atoms with Crippen molar-refractivity contribution in [1.82, 2.24) is 5.06 Å². The Balaban J connectivity index is 1.72. The summed E-state index contributed by atoms with van der Waals surface area (Å²) in [6, 6.07) is 14.2. The van der Waals surface area contributed by atoms with E-state index >= 15 is 0 Å². The standard InChI is InChI=1S/C18H18FNO2S/c19-15-8-4-13(5-9-15)14-6-10-16(11-7-14)23-17-3-1-2-12-20(22)18(17)21/h4-11,17,22H,1-3,12H2. The second-order valence-corrected chi connectivity index (χ2v) is 6.87. The molecule has 1 fully saturated rings. The Morgan fingerprint density at radius 1 is 1.00 bits per heavy atom. The van der Waals surface area contributed by atoms with Crippen LogP contribution in [-0.4, -0.2) is 28.0 Å². The fraction of sp³-hybridized carbons (Fsp3) is 0.278. The molecule has 1 N–H and O–H groups in total. The minimum Gasteiger partial charge on any atom is -0.286 e. The Labute approximate surface area is 139 Å². The number of carbonyl (C=O) groups excluding carboxylic acids is 1. The van der Waals surface area contributed by atoms with E-state index in [-0.39, 0.29) is 17.0 Å². The molecule has 0 bridgehead atoms. The summed E-state index contributed by atoms with van der Waals surface area (Å²) in [7, 11) is 0. The van der Waals surface area contributed by atoms with Crippen molar-refractivity contribution in [2.45, 2.75) is 29.4 Å². The van der Waals surface area contributed by atoms with Gasteiger partial charge in [-0.25, -0.2) is 9.45 Å². The highest BCUT2D eigenvalue weighted by molar-refractivity contribution is 8.00. The van der Waals surface area contributed by atoms with Gasteiger partial charge in [0.1, 0.15) is 5.82 Å². The molecule has 1 aliphatic rings. The third-order valence-electron chi connectivity index (χ3n) is 3.93. The van der Waals surface area contributed by atoms with Crippen molar-refractivity contribution >= 4 is 17.7 Å². The van der Waals surface area contributed by atoms with Crippen molar-refractivity contribution in [1.29, 1.82) is 0 Å². The van der Waals surface area contributed by atoms with Gasteiger partial charge in [0.15, 0.2) is 0 Å². The van der Waals surface area contributed by atoms with Gasteiger partial charge in [-0.15, -0.1) is 11.8 Å². The Hall–Kier alpha value is -1.85. The van der Waals surface area contributed by atoms with E-state index in [9.17, 15) is 14.4 Å². The van der Waals surface area contributed by atoms with Crippen molar-refractivity contribution in [2.24, 2.45) is 0 Å². The summed E-state index contributed by atoms with van der Waals surface area (Å²) in [6.45, 7) is 0.416. The molecular formula is C18H18FNO2S. The number of benzene rings is 2. The fourth-order valence-electron chi connectivity index (χ4n) is 2.63. The van der Waals surface area contributed by atoms with Crippen LogP contribution in [0.4, 0.5) is 4.39 Å². The van der Waals surface area contributed by atoms with Gasteiger partial charge in [-0.3, -0.25) is 10.0 Å². The monoisotopic (exact) mass is 331 g/mol. The summed E-state index contributed by atoms with van der Waals surface area (Å²) in [4.78, 5) is 13.1. The summed E-state index contributed by atoms with van der Waals surface area (Å²) < 4.78 is 13.0. The second kappa shape index (κ2) is 7.15. The van der Waals surface area contributed by atoms with Gasteiger partial charge in [-0.1, -0.05) is 24.3 Å². The average molecular weight is 331 g/mol.